The van der Waals surface area contributed by atoms with Crippen molar-refractivity contribution in [2.24, 2.45) is 0 Å². The SMILES string of the molecule is CC1OC(C)(C)NC1CNCc1cccc2c1C(=O)N(C1CCC(=O)NC1=O)C2=O. The molecule has 0 bridgehead atoms. The van der Waals surface area contributed by atoms with E-state index in [4.69, 9.17) is 4.74 Å². The molecule has 2 saturated heterocycles. The average molecular weight is 414 g/mol. The van der Waals surface area contributed by atoms with Gasteiger partial charge in [0.2, 0.25) is 11.8 Å². The van der Waals surface area contributed by atoms with Crippen LogP contribution in [-0.2, 0) is 20.9 Å². The summed E-state index contributed by atoms with van der Waals surface area (Å²) >= 11 is 0. The maximum atomic E-state index is 13.1. The molecule has 3 aliphatic heterocycles. The summed E-state index contributed by atoms with van der Waals surface area (Å²) in [6.07, 6.45) is 0.286. The van der Waals surface area contributed by atoms with E-state index in [1.807, 2.05) is 20.8 Å². The van der Waals surface area contributed by atoms with Gasteiger partial charge in [-0.1, -0.05) is 12.1 Å². The van der Waals surface area contributed by atoms with Crippen LogP contribution in [0.3, 0.4) is 0 Å². The highest BCUT2D eigenvalue weighted by Crippen LogP contribution is 2.30. The quantitative estimate of drug-likeness (QED) is 0.593. The lowest BCUT2D eigenvalue weighted by molar-refractivity contribution is -0.136. The van der Waals surface area contributed by atoms with Crippen molar-refractivity contribution in [1.82, 2.24) is 20.9 Å². The van der Waals surface area contributed by atoms with E-state index in [0.29, 0.717) is 29.8 Å². The summed E-state index contributed by atoms with van der Waals surface area (Å²) in [4.78, 5) is 50.6. The Morgan fingerprint density at radius 1 is 1.20 bits per heavy atom. The van der Waals surface area contributed by atoms with Gasteiger partial charge < -0.3 is 10.1 Å². The Morgan fingerprint density at radius 2 is 1.97 bits per heavy atom. The van der Waals surface area contributed by atoms with E-state index in [0.717, 1.165) is 4.90 Å². The summed E-state index contributed by atoms with van der Waals surface area (Å²) < 4.78 is 5.85. The van der Waals surface area contributed by atoms with Crippen molar-refractivity contribution in [3.8, 4) is 0 Å². The van der Waals surface area contributed by atoms with E-state index in [1.165, 1.54) is 0 Å². The molecule has 3 unspecified atom stereocenters. The van der Waals surface area contributed by atoms with Crippen LogP contribution in [-0.4, -0.2) is 59.0 Å². The van der Waals surface area contributed by atoms with Gasteiger partial charge in [0.1, 0.15) is 11.8 Å². The minimum absolute atomic E-state index is 0.0419. The molecule has 9 heteroatoms. The molecule has 1 aromatic carbocycles. The van der Waals surface area contributed by atoms with Crippen molar-refractivity contribution in [1.29, 1.82) is 0 Å². The predicted octanol–water partition coefficient (Wildman–Crippen LogP) is 0.290. The minimum atomic E-state index is -0.959. The fourth-order valence-corrected chi connectivity index (χ4v) is 4.46. The third-order valence-corrected chi connectivity index (χ3v) is 5.81. The number of fused-ring (bicyclic) bond motifs is 1. The zero-order chi connectivity index (χ0) is 21.6. The number of benzene rings is 1. The van der Waals surface area contributed by atoms with Crippen molar-refractivity contribution >= 4 is 23.6 Å². The third kappa shape index (κ3) is 3.64. The number of nitrogens with zero attached hydrogens (tertiary/aromatic N) is 1. The Balaban J connectivity index is 1.48. The van der Waals surface area contributed by atoms with E-state index >= 15 is 0 Å². The molecule has 1 aromatic rings. The molecule has 9 nitrogen and oxygen atoms in total. The molecule has 4 amide bonds. The molecule has 160 valence electrons. The topological polar surface area (TPSA) is 117 Å². The number of nitrogens with one attached hydrogen (secondary N) is 3. The van der Waals surface area contributed by atoms with Crippen molar-refractivity contribution < 1.29 is 23.9 Å². The second kappa shape index (κ2) is 7.57. The normalized spacial score (nSPS) is 28.1. The number of carbonyl (C=O) groups is 4. The maximum Gasteiger partial charge on any atom is 0.262 e. The van der Waals surface area contributed by atoms with Crippen molar-refractivity contribution in [2.75, 3.05) is 6.54 Å². The molecule has 0 saturated carbocycles. The van der Waals surface area contributed by atoms with E-state index in [1.54, 1.807) is 18.2 Å². The number of ether oxygens (including phenoxy) is 1. The number of piperidine rings is 1. The fraction of sp³-hybridized carbons (Fsp3) is 0.524. The molecule has 0 spiro atoms. The van der Waals surface area contributed by atoms with Crippen molar-refractivity contribution in [3.63, 3.8) is 0 Å². The fourth-order valence-electron chi connectivity index (χ4n) is 4.46. The lowest BCUT2D eigenvalue weighted by Gasteiger charge is -2.27. The third-order valence-electron chi connectivity index (χ3n) is 5.81. The molecule has 3 aliphatic rings. The Labute approximate surface area is 174 Å². The number of hydrogen-bond donors (Lipinski definition) is 3. The predicted molar refractivity (Wildman–Crippen MR) is 106 cm³/mol. The summed E-state index contributed by atoms with van der Waals surface area (Å²) in [5.41, 5.74) is 0.931. The summed E-state index contributed by atoms with van der Waals surface area (Å²) in [5, 5.41) is 8.95. The van der Waals surface area contributed by atoms with E-state index in [2.05, 4.69) is 16.0 Å². The van der Waals surface area contributed by atoms with E-state index in [9.17, 15) is 19.2 Å². The zero-order valence-electron chi connectivity index (χ0n) is 17.3. The van der Waals surface area contributed by atoms with Gasteiger partial charge in [-0.2, -0.15) is 0 Å². The summed E-state index contributed by atoms with van der Waals surface area (Å²) in [6.45, 7) is 6.99. The van der Waals surface area contributed by atoms with Gasteiger partial charge in [0.25, 0.3) is 11.8 Å². The van der Waals surface area contributed by atoms with Crippen molar-refractivity contribution in [2.45, 2.75) is 64.1 Å². The summed E-state index contributed by atoms with van der Waals surface area (Å²) in [7, 11) is 0. The first-order valence-corrected chi connectivity index (χ1v) is 10.2. The van der Waals surface area contributed by atoms with Crippen LogP contribution >= 0.6 is 0 Å². The lowest BCUT2D eigenvalue weighted by Crippen LogP contribution is -2.54. The summed E-state index contributed by atoms with van der Waals surface area (Å²) in [5.74, 6) is -1.98. The van der Waals surface area contributed by atoms with Crippen LogP contribution < -0.4 is 16.0 Å². The first-order valence-electron chi connectivity index (χ1n) is 10.2. The molecule has 0 radical (unpaired) electrons. The number of hydrogen-bond acceptors (Lipinski definition) is 7. The van der Waals surface area contributed by atoms with Gasteiger partial charge in [-0.25, -0.2) is 0 Å². The van der Waals surface area contributed by atoms with Gasteiger partial charge in [0.15, 0.2) is 0 Å². The standard InChI is InChI=1S/C21H26N4O5/c1-11-14(24-21(2,3)30-11)10-22-9-12-5-4-6-13-17(12)20(29)25(19(13)28)15-7-8-16(26)23-18(15)27/h4-6,11,14-15,22,24H,7-10H2,1-3H3,(H,23,26,27). The van der Waals surface area contributed by atoms with Crippen LogP contribution in [0.15, 0.2) is 18.2 Å². The molecule has 30 heavy (non-hydrogen) atoms. The molecule has 4 rings (SSSR count). The molecule has 3 atom stereocenters. The van der Waals surface area contributed by atoms with Gasteiger partial charge in [-0.15, -0.1) is 0 Å². The van der Waals surface area contributed by atoms with Crippen LogP contribution in [0.2, 0.25) is 0 Å². The highest BCUT2D eigenvalue weighted by molar-refractivity contribution is 6.24. The second-order valence-corrected chi connectivity index (χ2v) is 8.50. The number of rotatable bonds is 5. The van der Waals surface area contributed by atoms with Crippen LogP contribution in [0.1, 0.15) is 59.9 Å². The number of imide groups is 2. The second-order valence-electron chi connectivity index (χ2n) is 8.50. The molecular formula is C21H26N4O5. The Kier molecular flexibility index (Phi) is 5.21. The number of carbonyl (C=O) groups excluding carboxylic acids is 4. The van der Waals surface area contributed by atoms with E-state index in [-0.39, 0.29) is 36.6 Å². The zero-order valence-corrected chi connectivity index (χ0v) is 17.3. The molecule has 3 N–H and O–H groups in total. The molecule has 3 heterocycles. The first-order chi connectivity index (χ1) is 14.2. The molecular weight excluding hydrogens is 388 g/mol. The molecule has 2 fully saturated rings. The van der Waals surface area contributed by atoms with Crippen molar-refractivity contribution in [3.05, 3.63) is 34.9 Å². The Bertz CT molecular complexity index is 928. The van der Waals surface area contributed by atoms with Crippen LogP contribution in [0, 0.1) is 0 Å². The average Bonchev–Trinajstić information content (AvgIpc) is 3.08. The van der Waals surface area contributed by atoms with Crippen LogP contribution in [0.4, 0.5) is 0 Å². The minimum Gasteiger partial charge on any atom is -0.357 e. The Hall–Kier alpha value is -2.62. The number of amides is 4. The largest absolute Gasteiger partial charge is 0.357 e. The molecule has 0 aromatic heterocycles. The maximum absolute atomic E-state index is 13.1. The van der Waals surface area contributed by atoms with Crippen LogP contribution in [0.5, 0.6) is 0 Å². The smallest absolute Gasteiger partial charge is 0.262 e. The van der Waals surface area contributed by atoms with Gasteiger partial charge in [-0.05, 0) is 38.8 Å². The van der Waals surface area contributed by atoms with E-state index < -0.39 is 23.8 Å². The van der Waals surface area contributed by atoms with Gasteiger partial charge in [-0.3, -0.25) is 34.7 Å². The lowest BCUT2D eigenvalue weighted by atomic mass is 10.0. The van der Waals surface area contributed by atoms with Crippen LogP contribution in [0.25, 0.3) is 0 Å². The van der Waals surface area contributed by atoms with Gasteiger partial charge in [0.05, 0.1) is 17.2 Å². The van der Waals surface area contributed by atoms with Gasteiger partial charge in [0, 0.05) is 25.6 Å². The molecule has 0 aliphatic carbocycles. The highest BCUT2D eigenvalue weighted by Gasteiger charge is 2.45. The van der Waals surface area contributed by atoms with Gasteiger partial charge >= 0.3 is 0 Å². The summed E-state index contributed by atoms with van der Waals surface area (Å²) in [6, 6.07) is 4.30. The highest BCUT2D eigenvalue weighted by atomic mass is 16.5. The Morgan fingerprint density at radius 3 is 2.63 bits per heavy atom. The monoisotopic (exact) mass is 414 g/mol. The first kappa shape index (κ1) is 20.6.